The van der Waals surface area contributed by atoms with Crippen LogP contribution in [-0.4, -0.2) is 50.9 Å². The molecule has 1 aromatic heterocycles. The molecule has 21 heavy (non-hydrogen) atoms. The first kappa shape index (κ1) is 17.7. The van der Waals surface area contributed by atoms with Crippen LogP contribution in [0, 0.1) is 0 Å². The monoisotopic (exact) mass is 315 g/mol. The van der Waals surface area contributed by atoms with Gasteiger partial charge in [0.2, 0.25) is 0 Å². The van der Waals surface area contributed by atoms with Crippen LogP contribution in [-0.2, 0) is 9.47 Å². The van der Waals surface area contributed by atoms with Crippen molar-refractivity contribution < 1.29 is 14.3 Å². The van der Waals surface area contributed by atoms with Crippen LogP contribution >= 0.6 is 11.6 Å². The van der Waals surface area contributed by atoms with Crippen molar-refractivity contribution in [2.24, 2.45) is 0 Å². The Morgan fingerprint density at radius 2 is 2.10 bits per heavy atom. The molecule has 6 nitrogen and oxygen atoms in total. The number of rotatable bonds is 10. The van der Waals surface area contributed by atoms with Gasteiger partial charge in [-0.2, -0.15) is 0 Å². The Labute approximate surface area is 130 Å². The Bertz CT molecular complexity index is 443. The summed E-state index contributed by atoms with van der Waals surface area (Å²) in [7, 11) is 1.61. The van der Waals surface area contributed by atoms with Gasteiger partial charge in [-0.05, 0) is 18.6 Å². The van der Waals surface area contributed by atoms with Gasteiger partial charge in [-0.25, -0.2) is 4.98 Å². The number of ether oxygens (including phenoxy) is 2. The molecule has 118 valence electrons. The average molecular weight is 316 g/mol. The molecule has 1 heterocycles. The predicted octanol–water partition coefficient (Wildman–Crippen LogP) is 1.95. The second-order valence-electron chi connectivity index (χ2n) is 4.31. The van der Waals surface area contributed by atoms with Gasteiger partial charge in [-0.1, -0.05) is 18.5 Å². The summed E-state index contributed by atoms with van der Waals surface area (Å²) in [5.74, 6) is 0.332. The quantitative estimate of drug-likeness (QED) is 0.646. The van der Waals surface area contributed by atoms with Gasteiger partial charge in [0.05, 0.1) is 24.8 Å². The molecule has 0 aliphatic rings. The lowest BCUT2D eigenvalue weighted by Gasteiger charge is -2.09. The molecule has 0 fully saturated rings. The Balaban J connectivity index is 2.45. The van der Waals surface area contributed by atoms with E-state index in [0.717, 1.165) is 13.0 Å². The molecule has 2 N–H and O–H groups in total. The standard InChI is InChI=1S/C14H22ClN3O3/c1-3-6-16-12-5-4-11(15)13(18-12)14(19)17-7-8-21-10-9-20-2/h4-5H,3,6-10H2,1-2H3,(H,16,18)(H,17,19). The molecular formula is C14H22ClN3O3. The third kappa shape index (κ3) is 6.75. The Hall–Kier alpha value is -1.37. The normalized spacial score (nSPS) is 10.4. The first-order valence-electron chi connectivity index (χ1n) is 6.94. The predicted molar refractivity (Wildman–Crippen MR) is 83.1 cm³/mol. The van der Waals surface area contributed by atoms with Crippen LogP contribution in [0.2, 0.25) is 5.02 Å². The third-order valence-electron chi connectivity index (χ3n) is 2.58. The molecule has 1 rings (SSSR count). The maximum absolute atomic E-state index is 12.0. The van der Waals surface area contributed by atoms with Crippen molar-refractivity contribution in [2.75, 3.05) is 45.3 Å². The number of pyridine rings is 1. The largest absolute Gasteiger partial charge is 0.382 e. The lowest BCUT2D eigenvalue weighted by Crippen LogP contribution is -2.28. The fourth-order valence-electron chi connectivity index (χ4n) is 1.52. The molecule has 0 radical (unpaired) electrons. The minimum absolute atomic E-state index is 0.217. The Morgan fingerprint density at radius 1 is 1.29 bits per heavy atom. The topological polar surface area (TPSA) is 72.5 Å². The highest BCUT2D eigenvalue weighted by Crippen LogP contribution is 2.16. The highest BCUT2D eigenvalue weighted by Gasteiger charge is 2.12. The number of carbonyl (C=O) groups excluding carboxylic acids is 1. The van der Waals surface area contributed by atoms with Gasteiger partial charge in [0.15, 0.2) is 0 Å². The fourth-order valence-corrected chi connectivity index (χ4v) is 1.71. The highest BCUT2D eigenvalue weighted by atomic mass is 35.5. The van der Waals surface area contributed by atoms with Crippen molar-refractivity contribution in [1.29, 1.82) is 0 Å². The molecular weight excluding hydrogens is 294 g/mol. The Morgan fingerprint density at radius 3 is 2.81 bits per heavy atom. The molecule has 0 unspecified atom stereocenters. The van der Waals surface area contributed by atoms with Gasteiger partial charge in [-0.3, -0.25) is 4.79 Å². The minimum Gasteiger partial charge on any atom is -0.382 e. The first-order chi connectivity index (χ1) is 10.2. The first-order valence-corrected chi connectivity index (χ1v) is 7.32. The van der Waals surface area contributed by atoms with Crippen molar-refractivity contribution in [2.45, 2.75) is 13.3 Å². The van der Waals surface area contributed by atoms with Gasteiger partial charge in [0.25, 0.3) is 5.91 Å². The zero-order chi connectivity index (χ0) is 15.5. The van der Waals surface area contributed by atoms with Crippen LogP contribution in [0.15, 0.2) is 12.1 Å². The van der Waals surface area contributed by atoms with Gasteiger partial charge in [0, 0.05) is 20.2 Å². The zero-order valence-corrected chi connectivity index (χ0v) is 13.2. The van der Waals surface area contributed by atoms with E-state index in [0.29, 0.717) is 37.2 Å². The molecule has 0 saturated heterocycles. The van der Waals surface area contributed by atoms with Crippen LogP contribution < -0.4 is 10.6 Å². The van der Waals surface area contributed by atoms with Crippen molar-refractivity contribution >= 4 is 23.3 Å². The summed E-state index contributed by atoms with van der Waals surface area (Å²) in [6, 6.07) is 3.42. The van der Waals surface area contributed by atoms with Crippen LogP contribution in [0.1, 0.15) is 23.8 Å². The molecule has 0 aliphatic heterocycles. The van der Waals surface area contributed by atoms with Gasteiger partial charge in [-0.15, -0.1) is 0 Å². The van der Waals surface area contributed by atoms with E-state index in [9.17, 15) is 4.79 Å². The summed E-state index contributed by atoms with van der Waals surface area (Å²) in [6.45, 7) is 4.70. The molecule has 0 atom stereocenters. The maximum atomic E-state index is 12.0. The summed E-state index contributed by atoms with van der Waals surface area (Å²) in [4.78, 5) is 16.2. The summed E-state index contributed by atoms with van der Waals surface area (Å²) < 4.78 is 10.1. The van der Waals surface area contributed by atoms with Gasteiger partial charge >= 0.3 is 0 Å². The van der Waals surface area contributed by atoms with Crippen molar-refractivity contribution in [3.8, 4) is 0 Å². The van der Waals surface area contributed by atoms with Crippen molar-refractivity contribution in [3.63, 3.8) is 0 Å². The van der Waals surface area contributed by atoms with Crippen LogP contribution in [0.5, 0.6) is 0 Å². The highest BCUT2D eigenvalue weighted by molar-refractivity contribution is 6.33. The molecule has 0 aromatic carbocycles. The number of hydrogen-bond acceptors (Lipinski definition) is 5. The van der Waals surface area contributed by atoms with E-state index in [1.807, 2.05) is 0 Å². The van der Waals surface area contributed by atoms with E-state index >= 15 is 0 Å². The molecule has 0 aliphatic carbocycles. The smallest absolute Gasteiger partial charge is 0.271 e. The summed E-state index contributed by atoms with van der Waals surface area (Å²) in [5, 5.41) is 6.17. The van der Waals surface area contributed by atoms with E-state index in [1.165, 1.54) is 0 Å². The number of aromatic nitrogens is 1. The van der Waals surface area contributed by atoms with Gasteiger partial charge < -0.3 is 20.1 Å². The number of hydrogen-bond donors (Lipinski definition) is 2. The second kappa shape index (κ2) is 10.4. The lowest BCUT2D eigenvalue weighted by atomic mass is 10.3. The molecule has 0 saturated carbocycles. The Kier molecular flexibility index (Phi) is 8.73. The third-order valence-corrected chi connectivity index (χ3v) is 2.89. The average Bonchev–Trinajstić information content (AvgIpc) is 2.49. The van der Waals surface area contributed by atoms with E-state index < -0.39 is 0 Å². The molecule has 0 spiro atoms. The summed E-state index contributed by atoms with van der Waals surface area (Å²) >= 11 is 6.01. The number of carbonyl (C=O) groups is 1. The van der Waals surface area contributed by atoms with E-state index in [2.05, 4.69) is 22.5 Å². The van der Waals surface area contributed by atoms with E-state index in [4.69, 9.17) is 21.1 Å². The van der Waals surface area contributed by atoms with Crippen molar-refractivity contribution in [1.82, 2.24) is 10.3 Å². The number of amides is 1. The molecule has 0 bridgehead atoms. The maximum Gasteiger partial charge on any atom is 0.271 e. The van der Waals surface area contributed by atoms with Crippen molar-refractivity contribution in [3.05, 3.63) is 22.8 Å². The SMILES string of the molecule is CCCNc1ccc(Cl)c(C(=O)NCCOCCOC)n1. The summed E-state index contributed by atoms with van der Waals surface area (Å²) in [6.07, 6.45) is 0.977. The van der Waals surface area contributed by atoms with Crippen LogP contribution in [0.4, 0.5) is 5.82 Å². The van der Waals surface area contributed by atoms with Crippen LogP contribution in [0.3, 0.4) is 0 Å². The molecule has 1 aromatic rings. The number of nitrogens with zero attached hydrogens (tertiary/aromatic N) is 1. The summed E-state index contributed by atoms with van der Waals surface area (Å²) in [5.41, 5.74) is 0.217. The number of methoxy groups -OCH3 is 1. The minimum atomic E-state index is -0.310. The second-order valence-corrected chi connectivity index (χ2v) is 4.72. The zero-order valence-electron chi connectivity index (χ0n) is 12.4. The molecule has 7 heteroatoms. The lowest BCUT2D eigenvalue weighted by molar-refractivity contribution is 0.0692. The number of anilines is 1. The van der Waals surface area contributed by atoms with Gasteiger partial charge in [0.1, 0.15) is 11.5 Å². The van der Waals surface area contributed by atoms with Crippen LogP contribution in [0.25, 0.3) is 0 Å². The molecule has 1 amide bonds. The number of nitrogens with one attached hydrogen (secondary N) is 2. The van der Waals surface area contributed by atoms with E-state index in [1.54, 1.807) is 19.2 Å². The number of halogens is 1. The van der Waals surface area contributed by atoms with E-state index in [-0.39, 0.29) is 11.6 Å². The fraction of sp³-hybridized carbons (Fsp3) is 0.571.